The van der Waals surface area contributed by atoms with Gasteiger partial charge in [0.05, 0.1) is 4.75 Å². The minimum atomic E-state index is -3.34. The summed E-state index contributed by atoms with van der Waals surface area (Å²) in [5, 5.41) is 12.5. The molecule has 1 aliphatic rings. The van der Waals surface area contributed by atoms with Crippen molar-refractivity contribution in [3.8, 4) is 0 Å². The van der Waals surface area contributed by atoms with E-state index in [0.29, 0.717) is 25.8 Å². The maximum absolute atomic E-state index is 12.1. The van der Waals surface area contributed by atoms with Crippen LogP contribution in [0.3, 0.4) is 0 Å². The van der Waals surface area contributed by atoms with Crippen molar-refractivity contribution in [2.24, 2.45) is 0 Å². The van der Waals surface area contributed by atoms with Crippen LogP contribution in [0.25, 0.3) is 0 Å². The highest BCUT2D eigenvalue weighted by molar-refractivity contribution is 7.90. The van der Waals surface area contributed by atoms with Crippen LogP contribution in [0.4, 0.5) is 11.4 Å². The maximum atomic E-state index is 12.1. The number of carbonyl (C=O) groups is 1. The van der Waals surface area contributed by atoms with Gasteiger partial charge in [0.15, 0.2) is 0 Å². The Hall–Kier alpha value is -1.68. The number of aliphatic hydroxyl groups excluding tert-OH is 1. The highest BCUT2D eigenvalue weighted by Crippen LogP contribution is 2.20. The SMILES string of the molecule is C[C@H](O)N1CCN(c2ccc(NC(=O)CCCCNS(=O)(=O)C(C)(C)C)cc2)CC1. The van der Waals surface area contributed by atoms with Crippen LogP contribution in [0.15, 0.2) is 24.3 Å². The Morgan fingerprint density at radius 2 is 1.70 bits per heavy atom. The van der Waals surface area contributed by atoms with E-state index in [4.69, 9.17) is 0 Å². The number of aliphatic hydroxyl groups is 1. The molecule has 1 aromatic carbocycles. The number of nitrogens with zero attached hydrogens (tertiary/aromatic N) is 2. The fourth-order valence-corrected chi connectivity index (χ4v) is 4.01. The van der Waals surface area contributed by atoms with Gasteiger partial charge >= 0.3 is 0 Å². The first-order valence-electron chi connectivity index (χ1n) is 10.6. The zero-order valence-electron chi connectivity index (χ0n) is 18.5. The molecule has 0 aliphatic carbocycles. The Kier molecular flexibility index (Phi) is 8.66. The molecule has 2 rings (SSSR count). The van der Waals surface area contributed by atoms with Gasteiger partial charge in [0, 0.05) is 50.5 Å². The number of sulfonamides is 1. The molecule has 1 fully saturated rings. The molecular formula is C21H36N4O4S. The van der Waals surface area contributed by atoms with E-state index in [1.54, 1.807) is 27.7 Å². The van der Waals surface area contributed by atoms with Gasteiger partial charge in [-0.05, 0) is 64.8 Å². The van der Waals surface area contributed by atoms with E-state index in [1.807, 2.05) is 29.2 Å². The zero-order valence-corrected chi connectivity index (χ0v) is 19.3. The third-order valence-corrected chi connectivity index (χ3v) is 7.48. The minimum absolute atomic E-state index is 0.0769. The molecule has 0 bridgehead atoms. The predicted octanol–water partition coefficient (Wildman–Crippen LogP) is 1.97. The normalized spacial score (nSPS) is 17.0. The van der Waals surface area contributed by atoms with E-state index in [9.17, 15) is 18.3 Å². The molecule has 0 unspecified atom stereocenters. The van der Waals surface area contributed by atoms with Crippen LogP contribution in [0.1, 0.15) is 47.0 Å². The molecule has 0 saturated carbocycles. The number of unbranched alkanes of at least 4 members (excludes halogenated alkanes) is 1. The second kappa shape index (κ2) is 10.6. The molecule has 0 spiro atoms. The van der Waals surface area contributed by atoms with Crippen molar-refractivity contribution in [1.82, 2.24) is 9.62 Å². The van der Waals surface area contributed by atoms with Gasteiger partial charge in [-0.2, -0.15) is 0 Å². The van der Waals surface area contributed by atoms with E-state index < -0.39 is 21.0 Å². The second-order valence-electron chi connectivity index (χ2n) is 8.72. The van der Waals surface area contributed by atoms with Crippen LogP contribution in [0.5, 0.6) is 0 Å². The van der Waals surface area contributed by atoms with Crippen LogP contribution in [-0.2, 0) is 14.8 Å². The Morgan fingerprint density at radius 3 is 2.23 bits per heavy atom. The Balaban J connectivity index is 1.70. The smallest absolute Gasteiger partial charge is 0.224 e. The summed E-state index contributed by atoms with van der Waals surface area (Å²) >= 11 is 0. The Morgan fingerprint density at radius 1 is 1.10 bits per heavy atom. The fraction of sp³-hybridized carbons (Fsp3) is 0.667. The third-order valence-electron chi connectivity index (χ3n) is 5.29. The molecule has 8 nitrogen and oxygen atoms in total. The van der Waals surface area contributed by atoms with Crippen molar-refractivity contribution in [3.63, 3.8) is 0 Å². The van der Waals surface area contributed by atoms with E-state index in [0.717, 1.165) is 37.6 Å². The molecule has 0 radical (unpaired) electrons. The van der Waals surface area contributed by atoms with Gasteiger partial charge in [-0.25, -0.2) is 13.1 Å². The number of hydrogen-bond donors (Lipinski definition) is 3. The number of anilines is 2. The summed E-state index contributed by atoms with van der Waals surface area (Å²) in [5.41, 5.74) is 1.85. The van der Waals surface area contributed by atoms with Gasteiger partial charge in [0.1, 0.15) is 6.23 Å². The topological polar surface area (TPSA) is 102 Å². The second-order valence-corrected chi connectivity index (χ2v) is 11.2. The molecule has 170 valence electrons. The predicted molar refractivity (Wildman–Crippen MR) is 121 cm³/mol. The van der Waals surface area contributed by atoms with E-state index in [-0.39, 0.29) is 5.91 Å². The van der Waals surface area contributed by atoms with Crippen molar-refractivity contribution >= 4 is 27.3 Å². The Bertz CT molecular complexity index is 780. The van der Waals surface area contributed by atoms with E-state index in [2.05, 4.69) is 14.9 Å². The van der Waals surface area contributed by atoms with Gasteiger partial charge < -0.3 is 15.3 Å². The number of rotatable bonds is 9. The minimum Gasteiger partial charge on any atom is -0.379 e. The lowest BCUT2D eigenvalue weighted by Gasteiger charge is -2.37. The molecule has 30 heavy (non-hydrogen) atoms. The average Bonchev–Trinajstić information content (AvgIpc) is 2.67. The summed E-state index contributed by atoms with van der Waals surface area (Å²) in [7, 11) is -3.34. The van der Waals surface area contributed by atoms with E-state index >= 15 is 0 Å². The molecule has 9 heteroatoms. The molecule has 1 atom stereocenters. The van der Waals surface area contributed by atoms with Crippen molar-refractivity contribution in [1.29, 1.82) is 0 Å². The molecule has 0 aromatic heterocycles. The first kappa shape index (κ1) is 24.6. The van der Waals surface area contributed by atoms with Crippen molar-refractivity contribution in [2.75, 3.05) is 42.9 Å². The lowest BCUT2D eigenvalue weighted by atomic mass is 10.2. The standard InChI is InChI=1S/C21H36N4O4S/c1-17(26)24-13-15-25(16-14-24)19-10-8-18(9-11-19)23-20(27)7-5-6-12-22-30(28,29)21(2,3)4/h8-11,17,22,26H,5-7,12-16H2,1-4H3,(H,23,27)/t17-/m0/s1. The molecule has 3 N–H and O–H groups in total. The van der Waals surface area contributed by atoms with Gasteiger partial charge in [0.2, 0.25) is 15.9 Å². The van der Waals surface area contributed by atoms with Gasteiger partial charge in [0.25, 0.3) is 0 Å². The summed E-state index contributed by atoms with van der Waals surface area (Å²) in [6, 6.07) is 7.78. The van der Waals surface area contributed by atoms with Crippen LogP contribution in [-0.4, -0.2) is 68.0 Å². The summed E-state index contributed by atoms with van der Waals surface area (Å²) in [5.74, 6) is -0.0769. The van der Waals surface area contributed by atoms with Crippen LogP contribution >= 0.6 is 0 Å². The van der Waals surface area contributed by atoms with Gasteiger partial charge in [-0.15, -0.1) is 0 Å². The van der Waals surface area contributed by atoms with Crippen molar-refractivity contribution in [2.45, 2.75) is 57.9 Å². The molecule has 1 amide bonds. The maximum Gasteiger partial charge on any atom is 0.224 e. The number of carbonyl (C=O) groups excluding carboxylic acids is 1. The van der Waals surface area contributed by atoms with Gasteiger partial charge in [-0.1, -0.05) is 0 Å². The monoisotopic (exact) mass is 440 g/mol. The number of amides is 1. The third kappa shape index (κ3) is 7.23. The number of piperazine rings is 1. The average molecular weight is 441 g/mol. The molecule has 1 aromatic rings. The van der Waals surface area contributed by atoms with Gasteiger partial charge in [-0.3, -0.25) is 9.69 Å². The number of nitrogens with one attached hydrogen (secondary N) is 2. The molecule has 1 saturated heterocycles. The van der Waals surface area contributed by atoms with Crippen molar-refractivity contribution in [3.05, 3.63) is 24.3 Å². The van der Waals surface area contributed by atoms with Crippen LogP contribution < -0.4 is 14.9 Å². The lowest BCUT2D eigenvalue weighted by Crippen LogP contribution is -2.49. The molecular weight excluding hydrogens is 404 g/mol. The molecule has 1 heterocycles. The van der Waals surface area contributed by atoms with Crippen molar-refractivity contribution < 1.29 is 18.3 Å². The summed E-state index contributed by atoms with van der Waals surface area (Å²) < 4.78 is 25.7. The quantitative estimate of drug-likeness (QED) is 0.508. The van der Waals surface area contributed by atoms with Crippen LogP contribution in [0.2, 0.25) is 0 Å². The lowest BCUT2D eigenvalue weighted by molar-refractivity contribution is -0.116. The number of benzene rings is 1. The fourth-order valence-electron chi connectivity index (χ4n) is 3.17. The highest BCUT2D eigenvalue weighted by Gasteiger charge is 2.28. The highest BCUT2D eigenvalue weighted by atomic mass is 32.2. The largest absolute Gasteiger partial charge is 0.379 e. The summed E-state index contributed by atoms with van der Waals surface area (Å²) in [6.07, 6.45) is 1.16. The Labute approximate surface area is 180 Å². The molecule has 1 aliphatic heterocycles. The first-order valence-corrected chi connectivity index (χ1v) is 12.0. The summed E-state index contributed by atoms with van der Waals surface area (Å²) in [6.45, 7) is 10.5. The zero-order chi connectivity index (χ0) is 22.4. The van der Waals surface area contributed by atoms with E-state index in [1.165, 1.54) is 0 Å². The summed E-state index contributed by atoms with van der Waals surface area (Å²) in [4.78, 5) is 16.4. The van der Waals surface area contributed by atoms with Crippen LogP contribution in [0, 0.1) is 0 Å². The number of hydrogen-bond acceptors (Lipinski definition) is 6. The first-order chi connectivity index (χ1) is 14.0.